The average molecular weight is 168 g/mol. The third kappa shape index (κ3) is 2.34. The van der Waals surface area contributed by atoms with E-state index in [4.69, 9.17) is 0 Å². The van der Waals surface area contributed by atoms with E-state index in [0.29, 0.717) is 5.92 Å². The first-order valence-corrected chi connectivity index (χ1v) is 5.08. The van der Waals surface area contributed by atoms with Crippen molar-refractivity contribution in [2.24, 2.45) is 11.8 Å². The average Bonchev–Trinajstić information content (AvgIpc) is 2.09. The highest BCUT2D eigenvalue weighted by Crippen LogP contribution is 2.31. The van der Waals surface area contributed by atoms with Gasteiger partial charge in [0.1, 0.15) is 0 Å². The fourth-order valence-electron chi connectivity index (χ4n) is 2.11. The Hall–Kier alpha value is -0.300. The molecule has 0 heterocycles. The lowest BCUT2D eigenvalue weighted by Gasteiger charge is -2.30. The SMILES string of the molecule is C/C=C\C1CC(CC)CCC1O. The van der Waals surface area contributed by atoms with Crippen LogP contribution in [0.1, 0.15) is 39.5 Å². The molecule has 0 amide bonds. The summed E-state index contributed by atoms with van der Waals surface area (Å²) in [6.07, 6.45) is 8.80. The zero-order chi connectivity index (χ0) is 8.97. The first-order valence-electron chi connectivity index (χ1n) is 5.08. The van der Waals surface area contributed by atoms with Gasteiger partial charge in [-0.2, -0.15) is 0 Å². The van der Waals surface area contributed by atoms with Crippen LogP contribution in [0.4, 0.5) is 0 Å². The Labute approximate surface area is 75.5 Å². The highest BCUT2D eigenvalue weighted by molar-refractivity contribution is 4.93. The lowest BCUT2D eigenvalue weighted by atomic mass is 9.78. The molecular weight excluding hydrogens is 148 g/mol. The van der Waals surface area contributed by atoms with Gasteiger partial charge in [-0.25, -0.2) is 0 Å². The molecule has 12 heavy (non-hydrogen) atoms. The van der Waals surface area contributed by atoms with Crippen LogP contribution in [0.2, 0.25) is 0 Å². The molecule has 0 bridgehead atoms. The minimum absolute atomic E-state index is 0.0796. The van der Waals surface area contributed by atoms with Crippen molar-refractivity contribution in [1.29, 1.82) is 0 Å². The second-order valence-electron chi connectivity index (χ2n) is 3.84. The third-order valence-electron chi connectivity index (χ3n) is 2.99. The zero-order valence-corrected chi connectivity index (χ0v) is 8.16. The van der Waals surface area contributed by atoms with Gasteiger partial charge in [0.05, 0.1) is 6.10 Å². The quantitative estimate of drug-likeness (QED) is 0.629. The summed E-state index contributed by atoms with van der Waals surface area (Å²) in [5.41, 5.74) is 0. The molecule has 0 radical (unpaired) electrons. The largest absolute Gasteiger partial charge is 0.393 e. The molecule has 1 heteroatoms. The van der Waals surface area contributed by atoms with Gasteiger partial charge in [-0.15, -0.1) is 0 Å². The molecule has 1 aliphatic rings. The first-order chi connectivity index (χ1) is 5.77. The summed E-state index contributed by atoms with van der Waals surface area (Å²) in [7, 11) is 0. The molecule has 70 valence electrons. The Morgan fingerprint density at radius 1 is 1.42 bits per heavy atom. The van der Waals surface area contributed by atoms with Crippen molar-refractivity contribution in [2.75, 3.05) is 0 Å². The van der Waals surface area contributed by atoms with Crippen LogP contribution in [0.3, 0.4) is 0 Å². The highest BCUT2D eigenvalue weighted by Gasteiger charge is 2.25. The van der Waals surface area contributed by atoms with Crippen LogP contribution < -0.4 is 0 Å². The maximum atomic E-state index is 9.66. The second kappa shape index (κ2) is 4.66. The molecule has 1 N–H and O–H groups in total. The van der Waals surface area contributed by atoms with Crippen molar-refractivity contribution in [2.45, 2.75) is 45.6 Å². The second-order valence-corrected chi connectivity index (χ2v) is 3.84. The Balaban J connectivity index is 2.47. The van der Waals surface area contributed by atoms with E-state index in [9.17, 15) is 5.11 Å². The minimum Gasteiger partial charge on any atom is -0.393 e. The van der Waals surface area contributed by atoms with Crippen LogP contribution in [0.15, 0.2) is 12.2 Å². The standard InChI is InChI=1S/C11H20O/c1-3-5-10-8-9(4-2)6-7-11(10)12/h3,5,9-12H,4,6-8H2,1-2H3/b5-3-. The van der Waals surface area contributed by atoms with Crippen LogP contribution in [-0.2, 0) is 0 Å². The maximum Gasteiger partial charge on any atom is 0.0603 e. The number of hydrogen-bond acceptors (Lipinski definition) is 1. The van der Waals surface area contributed by atoms with Crippen molar-refractivity contribution < 1.29 is 5.11 Å². The fourth-order valence-corrected chi connectivity index (χ4v) is 2.11. The normalized spacial score (nSPS) is 37.4. The summed E-state index contributed by atoms with van der Waals surface area (Å²) in [5.74, 6) is 1.27. The van der Waals surface area contributed by atoms with Gasteiger partial charge < -0.3 is 5.11 Å². The van der Waals surface area contributed by atoms with Crippen molar-refractivity contribution in [3.63, 3.8) is 0 Å². The van der Waals surface area contributed by atoms with Crippen LogP contribution in [0, 0.1) is 11.8 Å². The van der Waals surface area contributed by atoms with Gasteiger partial charge in [0.15, 0.2) is 0 Å². The molecule has 0 aromatic rings. The van der Waals surface area contributed by atoms with Gasteiger partial charge in [0.25, 0.3) is 0 Å². The lowest BCUT2D eigenvalue weighted by Crippen LogP contribution is -2.27. The van der Waals surface area contributed by atoms with E-state index in [1.807, 2.05) is 6.92 Å². The minimum atomic E-state index is -0.0796. The number of hydrogen-bond donors (Lipinski definition) is 1. The summed E-state index contributed by atoms with van der Waals surface area (Å²) < 4.78 is 0. The number of aliphatic hydroxyl groups excluding tert-OH is 1. The number of aliphatic hydroxyl groups is 1. The van der Waals surface area contributed by atoms with Crippen LogP contribution >= 0.6 is 0 Å². The molecule has 1 rings (SSSR count). The van der Waals surface area contributed by atoms with Gasteiger partial charge in [-0.05, 0) is 32.1 Å². The van der Waals surface area contributed by atoms with Gasteiger partial charge in [-0.3, -0.25) is 0 Å². The summed E-state index contributed by atoms with van der Waals surface area (Å²) in [6, 6.07) is 0. The summed E-state index contributed by atoms with van der Waals surface area (Å²) in [6.45, 7) is 4.28. The maximum absolute atomic E-state index is 9.66. The molecule has 1 fully saturated rings. The number of allylic oxidation sites excluding steroid dienone is 1. The Kier molecular flexibility index (Phi) is 3.80. The van der Waals surface area contributed by atoms with Crippen molar-refractivity contribution in [3.05, 3.63) is 12.2 Å². The van der Waals surface area contributed by atoms with Crippen molar-refractivity contribution in [1.82, 2.24) is 0 Å². The predicted octanol–water partition coefficient (Wildman–Crippen LogP) is 2.75. The zero-order valence-electron chi connectivity index (χ0n) is 8.16. The Morgan fingerprint density at radius 2 is 2.17 bits per heavy atom. The summed E-state index contributed by atoms with van der Waals surface area (Å²) in [4.78, 5) is 0. The molecule has 1 saturated carbocycles. The predicted molar refractivity (Wildman–Crippen MR) is 51.9 cm³/mol. The van der Waals surface area contributed by atoms with Gasteiger partial charge in [0, 0.05) is 5.92 Å². The lowest BCUT2D eigenvalue weighted by molar-refractivity contribution is 0.0697. The molecule has 1 aliphatic carbocycles. The summed E-state index contributed by atoms with van der Waals surface area (Å²) in [5, 5.41) is 9.66. The highest BCUT2D eigenvalue weighted by atomic mass is 16.3. The Bertz CT molecular complexity index is 151. The third-order valence-corrected chi connectivity index (χ3v) is 2.99. The van der Waals surface area contributed by atoms with Crippen molar-refractivity contribution >= 4 is 0 Å². The van der Waals surface area contributed by atoms with E-state index in [1.54, 1.807) is 0 Å². The molecule has 0 spiro atoms. The molecule has 0 saturated heterocycles. The first kappa shape index (κ1) is 9.79. The van der Waals surface area contributed by atoms with Gasteiger partial charge in [0.2, 0.25) is 0 Å². The molecule has 0 aromatic heterocycles. The Morgan fingerprint density at radius 3 is 2.75 bits per heavy atom. The van der Waals surface area contributed by atoms with E-state index < -0.39 is 0 Å². The molecule has 0 aliphatic heterocycles. The van der Waals surface area contributed by atoms with Crippen LogP contribution in [-0.4, -0.2) is 11.2 Å². The van der Waals surface area contributed by atoms with Gasteiger partial charge >= 0.3 is 0 Å². The van der Waals surface area contributed by atoms with E-state index in [2.05, 4.69) is 19.1 Å². The molecule has 1 nitrogen and oxygen atoms in total. The van der Waals surface area contributed by atoms with Crippen molar-refractivity contribution in [3.8, 4) is 0 Å². The van der Waals surface area contributed by atoms with Gasteiger partial charge in [-0.1, -0.05) is 25.5 Å². The number of rotatable bonds is 2. The molecule has 0 aromatic carbocycles. The smallest absolute Gasteiger partial charge is 0.0603 e. The van der Waals surface area contributed by atoms with E-state index in [-0.39, 0.29) is 6.10 Å². The van der Waals surface area contributed by atoms with Crippen LogP contribution in [0.5, 0.6) is 0 Å². The van der Waals surface area contributed by atoms with E-state index in [0.717, 1.165) is 12.3 Å². The fraction of sp³-hybridized carbons (Fsp3) is 0.818. The summed E-state index contributed by atoms with van der Waals surface area (Å²) >= 11 is 0. The molecular formula is C11H20O. The monoisotopic (exact) mass is 168 g/mol. The molecule has 3 unspecified atom stereocenters. The topological polar surface area (TPSA) is 20.2 Å². The van der Waals surface area contributed by atoms with Crippen LogP contribution in [0.25, 0.3) is 0 Å². The van der Waals surface area contributed by atoms with E-state index >= 15 is 0 Å². The van der Waals surface area contributed by atoms with E-state index in [1.165, 1.54) is 19.3 Å². The molecule has 3 atom stereocenters.